The largest absolute Gasteiger partial charge is 1.00 e. The van der Waals surface area contributed by atoms with Crippen LogP contribution in [-0.2, 0) is 25.7 Å². The molecule has 0 aliphatic heterocycles. The Morgan fingerprint density at radius 3 is 2.00 bits per heavy atom. The summed E-state index contributed by atoms with van der Waals surface area (Å²) in [7, 11) is -9.90. The number of carbonyl (C=O) groups excluding carboxylic acids is 2. The standard InChI is InChI=1S/C40H32N2O10S2.2Na/c1-4-40(2,3)23-14-19-29(31(20-23)54(49,50)51)52-30-21-28(41-24-15-17-25(18-16-24)53(46,47)48)33-34-32(26-12-8-9-13-27(26)38(33)44)35(39(45)42-36(30)34)37(43)22-10-6-5-7-11-22;;/h5-21,41H,4H2,1-3H3,(H,42,45)(H,46,47,48)(H,49,50,51);;/q;2*+1/p-2. The number of ketones is 2. The van der Waals surface area contributed by atoms with Gasteiger partial charge in [-0.3, -0.25) is 14.4 Å². The van der Waals surface area contributed by atoms with E-state index >= 15 is 0 Å². The molecule has 16 heteroatoms. The van der Waals surface area contributed by atoms with Crippen molar-refractivity contribution in [3.8, 4) is 22.6 Å². The zero-order chi connectivity index (χ0) is 38.7. The summed E-state index contributed by atoms with van der Waals surface area (Å²) in [6.45, 7) is 5.70. The van der Waals surface area contributed by atoms with Gasteiger partial charge in [0, 0.05) is 33.8 Å². The number of hydrogen-bond donors (Lipinski definition) is 2. The molecule has 1 aliphatic carbocycles. The zero-order valence-corrected chi connectivity index (χ0v) is 36.6. The number of benzene rings is 5. The molecule has 0 atom stereocenters. The van der Waals surface area contributed by atoms with Crippen LogP contribution in [0.15, 0.2) is 118 Å². The molecule has 0 amide bonds. The Morgan fingerprint density at radius 2 is 1.39 bits per heavy atom. The van der Waals surface area contributed by atoms with Crippen LogP contribution in [0.1, 0.15) is 64.6 Å². The average Bonchev–Trinajstić information content (AvgIpc) is 3.14. The van der Waals surface area contributed by atoms with E-state index in [1.54, 1.807) is 60.7 Å². The minimum absolute atomic E-state index is 0. The van der Waals surface area contributed by atoms with Crippen molar-refractivity contribution in [1.82, 2.24) is 4.98 Å². The fourth-order valence-electron chi connectivity index (χ4n) is 6.51. The van der Waals surface area contributed by atoms with Crippen molar-refractivity contribution in [3.05, 3.63) is 141 Å². The molecular weight excluding hydrogens is 779 g/mol. The van der Waals surface area contributed by atoms with Crippen LogP contribution in [-0.4, -0.2) is 42.5 Å². The maximum atomic E-state index is 14.4. The Morgan fingerprint density at radius 1 is 0.768 bits per heavy atom. The molecule has 1 aliphatic rings. The molecule has 0 saturated heterocycles. The number of anilines is 2. The number of H-pyrrole nitrogens is 1. The number of pyridine rings is 1. The number of rotatable bonds is 10. The summed E-state index contributed by atoms with van der Waals surface area (Å²) in [5.74, 6) is -1.68. The Kier molecular flexibility index (Phi) is 12.4. The molecule has 12 nitrogen and oxygen atoms in total. The van der Waals surface area contributed by atoms with Gasteiger partial charge in [0.05, 0.1) is 32.1 Å². The number of carbonyl (C=O) groups is 2. The van der Waals surface area contributed by atoms with E-state index in [1.807, 2.05) is 20.8 Å². The van der Waals surface area contributed by atoms with E-state index < -0.39 is 52.6 Å². The minimum atomic E-state index is -5.12. The van der Waals surface area contributed by atoms with E-state index in [-0.39, 0.29) is 126 Å². The van der Waals surface area contributed by atoms with Crippen LogP contribution in [0.25, 0.3) is 22.0 Å². The first-order chi connectivity index (χ1) is 25.5. The van der Waals surface area contributed by atoms with Gasteiger partial charge in [-0.05, 0) is 59.4 Å². The van der Waals surface area contributed by atoms with Gasteiger partial charge >= 0.3 is 59.1 Å². The quantitative estimate of drug-likeness (QED) is 0.114. The van der Waals surface area contributed by atoms with Gasteiger partial charge in [0.2, 0.25) is 0 Å². The van der Waals surface area contributed by atoms with Crippen LogP contribution in [0, 0.1) is 0 Å². The Balaban J connectivity index is 0.00000300. The van der Waals surface area contributed by atoms with Crippen molar-refractivity contribution in [2.75, 3.05) is 5.32 Å². The third-order valence-corrected chi connectivity index (χ3v) is 11.4. The fourth-order valence-corrected chi connectivity index (χ4v) is 7.60. The van der Waals surface area contributed by atoms with Gasteiger partial charge in [0.15, 0.2) is 17.3 Å². The number of ether oxygens (including phenoxy) is 1. The molecule has 1 aromatic heterocycles. The molecule has 2 N–H and O–H groups in total. The summed E-state index contributed by atoms with van der Waals surface area (Å²) in [4.78, 5) is 44.3. The van der Waals surface area contributed by atoms with Crippen LogP contribution in [0.5, 0.6) is 11.5 Å². The Labute approximate surface area is 366 Å². The molecule has 0 unspecified atom stereocenters. The van der Waals surface area contributed by atoms with Crippen molar-refractivity contribution in [3.63, 3.8) is 0 Å². The first kappa shape index (κ1) is 43.2. The predicted octanol–water partition coefficient (Wildman–Crippen LogP) is 1.01. The van der Waals surface area contributed by atoms with Crippen molar-refractivity contribution >= 4 is 54.1 Å². The van der Waals surface area contributed by atoms with Crippen LogP contribution in [0.3, 0.4) is 0 Å². The Bertz CT molecular complexity index is 2840. The normalized spacial score (nSPS) is 12.3. The number of aromatic amines is 1. The average molecular weight is 809 g/mol. The second kappa shape index (κ2) is 16.1. The molecule has 0 bridgehead atoms. The first-order valence-electron chi connectivity index (χ1n) is 16.6. The van der Waals surface area contributed by atoms with E-state index in [9.17, 15) is 40.3 Å². The van der Waals surface area contributed by atoms with Gasteiger partial charge in [-0.2, -0.15) is 0 Å². The van der Waals surface area contributed by atoms with Crippen LogP contribution in [0.2, 0.25) is 0 Å². The second-order valence-corrected chi connectivity index (χ2v) is 16.1. The van der Waals surface area contributed by atoms with Gasteiger partial charge in [0.1, 0.15) is 26.0 Å². The Hall–Kier alpha value is -3.93. The van der Waals surface area contributed by atoms with Crippen molar-refractivity contribution < 1.29 is 99.4 Å². The summed E-state index contributed by atoms with van der Waals surface area (Å²) >= 11 is 0. The van der Waals surface area contributed by atoms with E-state index in [0.29, 0.717) is 12.0 Å². The number of nitrogens with one attached hydrogen (secondary N) is 2. The van der Waals surface area contributed by atoms with E-state index in [1.165, 1.54) is 30.3 Å². The number of aromatic nitrogens is 1. The molecule has 5 aromatic carbocycles. The molecule has 0 spiro atoms. The van der Waals surface area contributed by atoms with Gasteiger partial charge in [0.25, 0.3) is 5.56 Å². The second-order valence-electron chi connectivity index (χ2n) is 13.4. The monoisotopic (exact) mass is 808 g/mol. The van der Waals surface area contributed by atoms with Gasteiger partial charge in [-0.1, -0.05) is 81.4 Å². The van der Waals surface area contributed by atoms with Crippen molar-refractivity contribution in [2.45, 2.75) is 42.4 Å². The third-order valence-electron chi connectivity index (χ3n) is 9.71. The third kappa shape index (κ3) is 7.96. The summed E-state index contributed by atoms with van der Waals surface area (Å²) in [6, 6.07) is 24.8. The van der Waals surface area contributed by atoms with E-state index in [4.69, 9.17) is 4.74 Å². The molecule has 1 heterocycles. The molecular formula is C40H30N2Na2O10S2. The maximum Gasteiger partial charge on any atom is 1.00 e. The molecule has 274 valence electrons. The number of fused-ring (bicyclic) bond motifs is 2. The van der Waals surface area contributed by atoms with Crippen LogP contribution < -0.4 is 74.7 Å². The zero-order valence-electron chi connectivity index (χ0n) is 30.9. The van der Waals surface area contributed by atoms with Gasteiger partial charge < -0.3 is 24.1 Å². The van der Waals surface area contributed by atoms with Gasteiger partial charge in [-0.15, -0.1) is 0 Å². The van der Waals surface area contributed by atoms with Crippen molar-refractivity contribution in [2.24, 2.45) is 0 Å². The molecule has 56 heavy (non-hydrogen) atoms. The maximum absolute atomic E-state index is 14.4. The molecule has 6 aromatic rings. The molecule has 0 radical (unpaired) electrons. The summed E-state index contributed by atoms with van der Waals surface area (Å²) in [5, 5.41) is 3.15. The smallest absolute Gasteiger partial charge is 0.744 e. The summed E-state index contributed by atoms with van der Waals surface area (Å²) in [5.41, 5.74) is -0.0249. The topological polar surface area (TPSA) is 203 Å². The van der Waals surface area contributed by atoms with E-state index in [0.717, 1.165) is 12.1 Å². The molecule has 7 rings (SSSR count). The summed E-state index contributed by atoms with van der Waals surface area (Å²) in [6.07, 6.45) is 0.623. The van der Waals surface area contributed by atoms with Gasteiger partial charge in [-0.25, -0.2) is 16.8 Å². The van der Waals surface area contributed by atoms with Crippen molar-refractivity contribution in [1.29, 1.82) is 0 Å². The first-order valence-corrected chi connectivity index (χ1v) is 19.4. The minimum Gasteiger partial charge on any atom is -0.744 e. The number of hydrogen-bond acceptors (Lipinski definition) is 11. The predicted molar refractivity (Wildman–Crippen MR) is 199 cm³/mol. The van der Waals surface area contributed by atoms with Crippen LogP contribution in [0.4, 0.5) is 11.4 Å². The fraction of sp³-hybridized carbons (Fsp3) is 0.125. The van der Waals surface area contributed by atoms with E-state index in [2.05, 4.69) is 10.3 Å². The van der Waals surface area contributed by atoms with Crippen LogP contribution >= 0.6 is 0 Å². The molecule has 0 saturated carbocycles. The SMILES string of the molecule is CCC(C)(C)c1ccc(Oc2cc(Nc3ccc(S(=O)(=O)[O-])cc3)c3c4c(c(C(=O)c5ccccc5)c(=O)[nH]c24)-c2ccccc2C3=O)c(S(=O)(=O)[O-])c1.[Na+].[Na+]. The molecule has 0 fully saturated rings. The summed E-state index contributed by atoms with van der Waals surface area (Å²) < 4.78 is 79.1.